The average Bonchev–Trinajstić information content (AvgIpc) is 2.81. The maximum absolute atomic E-state index is 12.0. The SMILES string of the molecule is C=CCNC(=O)c1cnccc1OC1O[C@H](CO)[C@@H](O)[C@H]1O. The zero-order valence-corrected chi connectivity index (χ0v) is 11.8. The van der Waals surface area contributed by atoms with Crippen molar-refractivity contribution in [3.05, 3.63) is 36.7 Å². The van der Waals surface area contributed by atoms with Crippen LogP contribution in [0.5, 0.6) is 5.75 Å². The second-order valence-electron chi connectivity index (χ2n) is 4.70. The van der Waals surface area contributed by atoms with Crippen molar-refractivity contribution in [1.82, 2.24) is 10.3 Å². The molecule has 1 aliphatic heterocycles. The van der Waals surface area contributed by atoms with Gasteiger partial charge in [0.2, 0.25) is 6.29 Å². The Morgan fingerprint density at radius 1 is 1.50 bits per heavy atom. The van der Waals surface area contributed by atoms with Gasteiger partial charge in [0.05, 0.1) is 12.2 Å². The summed E-state index contributed by atoms with van der Waals surface area (Å²) in [5.74, 6) is -0.277. The van der Waals surface area contributed by atoms with Crippen molar-refractivity contribution < 1.29 is 29.6 Å². The van der Waals surface area contributed by atoms with E-state index in [2.05, 4.69) is 16.9 Å². The molecule has 0 aliphatic carbocycles. The zero-order chi connectivity index (χ0) is 16.1. The minimum absolute atomic E-state index is 0.145. The topological polar surface area (TPSA) is 121 Å². The lowest BCUT2D eigenvalue weighted by atomic mass is 10.1. The molecule has 1 aromatic heterocycles. The second-order valence-corrected chi connectivity index (χ2v) is 4.70. The first-order valence-electron chi connectivity index (χ1n) is 6.70. The summed E-state index contributed by atoms with van der Waals surface area (Å²) in [7, 11) is 0. The van der Waals surface area contributed by atoms with Gasteiger partial charge in [0, 0.05) is 18.9 Å². The van der Waals surface area contributed by atoms with E-state index in [0.29, 0.717) is 0 Å². The van der Waals surface area contributed by atoms with Gasteiger partial charge in [-0.1, -0.05) is 6.08 Å². The Bertz CT molecular complexity index is 538. The van der Waals surface area contributed by atoms with Gasteiger partial charge in [-0.15, -0.1) is 6.58 Å². The van der Waals surface area contributed by atoms with E-state index in [1.54, 1.807) is 0 Å². The molecule has 2 rings (SSSR count). The second kappa shape index (κ2) is 7.32. The van der Waals surface area contributed by atoms with E-state index in [-0.39, 0.29) is 17.9 Å². The number of carbonyl (C=O) groups excluding carboxylic acids is 1. The molecule has 22 heavy (non-hydrogen) atoms. The molecule has 4 N–H and O–H groups in total. The summed E-state index contributed by atoms with van der Waals surface area (Å²) in [6, 6.07) is 1.44. The monoisotopic (exact) mass is 310 g/mol. The van der Waals surface area contributed by atoms with E-state index in [4.69, 9.17) is 14.6 Å². The number of pyridine rings is 1. The van der Waals surface area contributed by atoms with Gasteiger partial charge >= 0.3 is 0 Å². The third kappa shape index (κ3) is 3.42. The van der Waals surface area contributed by atoms with Crippen molar-refractivity contribution >= 4 is 5.91 Å². The van der Waals surface area contributed by atoms with Crippen LogP contribution >= 0.6 is 0 Å². The maximum atomic E-state index is 12.0. The fourth-order valence-electron chi connectivity index (χ4n) is 2.00. The minimum atomic E-state index is -1.34. The average molecular weight is 310 g/mol. The number of nitrogens with one attached hydrogen (secondary N) is 1. The highest BCUT2D eigenvalue weighted by Crippen LogP contribution is 2.26. The van der Waals surface area contributed by atoms with E-state index in [1.165, 1.54) is 24.5 Å². The summed E-state index contributed by atoms with van der Waals surface area (Å²) in [6.45, 7) is 3.32. The Morgan fingerprint density at radius 3 is 2.91 bits per heavy atom. The van der Waals surface area contributed by atoms with Crippen LogP contribution in [0.25, 0.3) is 0 Å². The van der Waals surface area contributed by atoms with Crippen LogP contribution in [0.1, 0.15) is 10.4 Å². The number of hydrogen-bond donors (Lipinski definition) is 4. The molecule has 1 unspecified atom stereocenters. The molecule has 1 saturated heterocycles. The maximum Gasteiger partial charge on any atom is 0.256 e. The molecule has 4 atom stereocenters. The molecule has 1 fully saturated rings. The van der Waals surface area contributed by atoms with E-state index < -0.39 is 37.1 Å². The van der Waals surface area contributed by atoms with Crippen LogP contribution in [0.4, 0.5) is 0 Å². The van der Waals surface area contributed by atoms with Crippen molar-refractivity contribution in [2.45, 2.75) is 24.6 Å². The molecule has 0 saturated carbocycles. The van der Waals surface area contributed by atoms with Gasteiger partial charge < -0.3 is 30.1 Å². The molecule has 2 heterocycles. The molecule has 0 bridgehead atoms. The number of aromatic nitrogens is 1. The number of amides is 1. The van der Waals surface area contributed by atoms with Crippen LogP contribution in [-0.4, -0.2) is 64.0 Å². The highest BCUT2D eigenvalue weighted by atomic mass is 16.7. The Kier molecular flexibility index (Phi) is 5.45. The minimum Gasteiger partial charge on any atom is -0.461 e. The lowest BCUT2D eigenvalue weighted by Crippen LogP contribution is -2.36. The lowest BCUT2D eigenvalue weighted by Gasteiger charge is -2.18. The molecule has 1 amide bonds. The fraction of sp³-hybridized carbons (Fsp3) is 0.429. The highest BCUT2D eigenvalue weighted by Gasteiger charge is 2.44. The summed E-state index contributed by atoms with van der Waals surface area (Å²) >= 11 is 0. The summed E-state index contributed by atoms with van der Waals surface area (Å²) in [4.78, 5) is 15.8. The van der Waals surface area contributed by atoms with E-state index in [1.807, 2.05) is 0 Å². The number of carbonyl (C=O) groups is 1. The Labute approximate surface area is 127 Å². The molecule has 1 aromatic rings. The van der Waals surface area contributed by atoms with Crippen LogP contribution in [0, 0.1) is 0 Å². The number of aliphatic hydroxyl groups excluding tert-OH is 3. The quantitative estimate of drug-likeness (QED) is 0.488. The predicted molar refractivity (Wildman–Crippen MR) is 75.2 cm³/mol. The highest BCUT2D eigenvalue weighted by molar-refractivity contribution is 5.96. The normalized spacial score (nSPS) is 27.4. The van der Waals surface area contributed by atoms with Gasteiger partial charge in [0.15, 0.2) is 0 Å². The van der Waals surface area contributed by atoms with Gasteiger partial charge in [0.1, 0.15) is 24.1 Å². The first-order chi connectivity index (χ1) is 10.6. The summed E-state index contributed by atoms with van der Waals surface area (Å²) in [6.07, 6.45) is -0.485. The lowest BCUT2D eigenvalue weighted by molar-refractivity contribution is -0.116. The van der Waals surface area contributed by atoms with Crippen molar-refractivity contribution in [3.63, 3.8) is 0 Å². The van der Waals surface area contributed by atoms with E-state index in [9.17, 15) is 15.0 Å². The third-order valence-electron chi connectivity index (χ3n) is 3.17. The van der Waals surface area contributed by atoms with Crippen LogP contribution in [-0.2, 0) is 4.74 Å². The number of ether oxygens (including phenoxy) is 2. The largest absolute Gasteiger partial charge is 0.461 e. The third-order valence-corrected chi connectivity index (χ3v) is 3.17. The van der Waals surface area contributed by atoms with Crippen molar-refractivity contribution in [1.29, 1.82) is 0 Å². The molecular weight excluding hydrogens is 292 g/mol. The summed E-state index contributed by atoms with van der Waals surface area (Å²) < 4.78 is 10.7. The standard InChI is InChI=1S/C14H18N2O6/c1-2-4-16-13(20)8-6-15-5-3-9(8)21-14-12(19)11(18)10(7-17)22-14/h2-3,5-6,10-12,14,17-19H,1,4,7H2,(H,16,20)/t10-,11-,12-,14?/m1/s1. The molecule has 0 radical (unpaired) electrons. The van der Waals surface area contributed by atoms with Crippen LogP contribution in [0.3, 0.4) is 0 Å². The summed E-state index contributed by atoms with van der Waals surface area (Å²) in [5.41, 5.74) is 0.155. The molecule has 0 aromatic carbocycles. The van der Waals surface area contributed by atoms with Crippen LogP contribution < -0.4 is 10.1 Å². The van der Waals surface area contributed by atoms with Gasteiger partial charge in [0.25, 0.3) is 5.91 Å². The number of nitrogens with zero attached hydrogens (tertiary/aromatic N) is 1. The molecule has 8 nitrogen and oxygen atoms in total. The molecule has 120 valence electrons. The van der Waals surface area contributed by atoms with E-state index in [0.717, 1.165) is 0 Å². The van der Waals surface area contributed by atoms with Crippen molar-refractivity contribution in [2.75, 3.05) is 13.2 Å². The summed E-state index contributed by atoms with van der Waals surface area (Å²) in [5, 5.41) is 31.2. The first-order valence-corrected chi connectivity index (χ1v) is 6.70. The fourth-order valence-corrected chi connectivity index (χ4v) is 2.00. The van der Waals surface area contributed by atoms with Gasteiger partial charge in [-0.2, -0.15) is 0 Å². The zero-order valence-electron chi connectivity index (χ0n) is 11.8. The first kappa shape index (κ1) is 16.4. The molecular formula is C14H18N2O6. The Balaban J connectivity index is 2.13. The Hall–Kier alpha value is -2.00. The van der Waals surface area contributed by atoms with Crippen LogP contribution in [0.15, 0.2) is 31.1 Å². The predicted octanol–water partition coefficient (Wildman–Crippen LogP) is -1.18. The smallest absolute Gasteiger partial charge is 0.256 e. The number of rotatable bonds is 6. The van der Waals surface area contributed by atoms with Gasteiger partial charge in [-0.3, -0.25) is 9.78 Å². The van der Waals surface area contributed by atoms with Gasteiger partial charge in [-0.05, 0) is 6.07 Å². The number of hydrogen-bond acceptors (Lipinski definition) is 7. The van der Waals surface area contributed by atoms with Crippen molar-refractivity contribution in [2.24, 2.45) is 0 Å². The molecule has 8 heteroatoms. The van der Waals surface area contributed by atoms with E-state index >= 15 is 0 Å². The molecule has 1 aliphatic rings. The Morgan fingerprint density at radius 2 is 2.27 bits per heavy atom. The molecule has 0 spiro atoms. The number of aliphatic hydroxyl groups is 3. The van der Waals surface area contributed by atoms with Crippen LogP contribution in [0.2, 0.25) is 0 Å². The van der Waals surface area contributed by atoms with Crippen molar-refractivity contribution in [3.8, 4) is 5.75 Å². The van der Waals surface area contributed by atoms with Gasteiger partial charge in [-0.25, -0.2) is 0 Å².